The molecule has 4 heteroatoms. The highest BCUT2D eigenvalue weighted by Gasteiger charge is 2.43. The highest BCUT2D eigenvalue weighted by molar-refractivity contribution is 7.25. The lowest BCUT2D eigenvalue weighted by Gasteiger charge is -2.31. The van der Waals surface area contributed by atoms with Crippen molar-refractivity contribution in [2.24, 2.45) is 0 Å². The molecule has 3 heterocycles. The molecule has 0 radical (unpaired) electrons. The zero-order valence-electron chi connectivity index (χ0n) is 45.3. The molecule has 8 aromatic carbocycles. The molecule has 0 atom stereocenters. The van der Waals surface area contributed by atoms with Crippen LogP contribution in [0.1, 0.15) is 130 Å². The molecule has 366 valence electrons. The highest BCUT2D eigenvalue weighted by Crippen LogP contribution is 2.59. The SMILES string of the molecule is CC(C)(C)c1cccc(N(c2cccc(C(C)(C)C)c2)c2ccc3c(c2)C(C)(C)c2c-3c3c4ccccc4cc4c5c6ccc(N(c7cccc(C(C)(C)C)c7)c7cccc(C(C)(C)C)c7)cc6sc5n2c43)c1. The molecule has 3 nitrogen and oxygen atoms in total. The van der Waals surface area contributed by atoms with Crippen molar-refractivity contribution >= 4 is 92.8 Å². The second-order valence-electron chi connectivity index (χ2n) is 25.6. The smallest absolute Gasteiger partial charge is 0.109 e. The van der Waals surface area contributed by atoms with E-state index in [2.05, 4.69) is 275 Å². The Morgan fingerprint density at radius 3 is 1.36 bits per heavy atom. The minimum absolute atomic E-state index is 0.00678. The Morgan fingerprint density at radius 1 is 0.411 bits per heavy atom. The molecule has 11 aromatic rings. The molecule has 12 rings (SSSR count). The molecule has 0 spiro atoms. The summed E-state index contributed by atoms with van der Waals surface area (Å²) in [5, 5.41) is 7.97. The first kappa shape index (κ1) is 47.1. The van der Waals surface area contributed by atoms with Gasteiger partial charge in [0.2, 0.25) is 0 Å². The Balaban J connectivity index is 1.08. The molecule has 3 aromatic heterocycles. The van der Waals surface area contributed by atoms with Gasteiger partial charge in [0, 0.05) is 77.0 Å². The van der Waals surface area contributed by atoms with Crippen LogP contribution < -0.4 is 9.80 Å². The van der Waals surface area contributed by atoms with Gasteiger partial charge >= 0.3 is 0 Å². The van der Waals surface area contributed by atoms with Gasteiger partial charge < -0.3 is 14.2 Å². The number of hydrogen-bond acceptors (Lipinski definition) is 3. The highest BCUT2D eigenvalue weighted by atomic mass is 32.1. The molecule has 1 aliphatic rings. The third-order valence-electron chi connectivity index (χ3n) is 16.0. The number of aromatic nitrogens is 1. The molecular formula is C69H69N3S. The summed E-state index contributed by atoms with van der Waals surface area (Å²) in [5.74, 6) is 0. The van der Waals surface area contributed by atoms with Gasteiger partial charge in [-0.2, -0.15) is 0 Å². The number of fused-ring (bicyclic) bond motifs is 12. The maximum atomic E-state index is 2.69. The minimum Gasteiger partial charge on any atom is -0.310 e. The van der Waals surface area contributed by atoms with Crippen molar-refractivity contribution in [3.05, 3.63) is 197 Å². The summed E-state index contributed by atoms with van der Waals surface area (Å²) in [4.78, 5) is 6.28. The van der Waals surface area contributed by atoms with Crippen molar-refractivity contribution in [3.8, 4) is 11.1 Å². The van der Waals surface area contributed by atoms with E-state index in [1.165, 1.54) is 120 Å². The Labute approximate surface area is 437 Å². The number of benzene rings is 8. The van der Waals surface area contributed by atoms with E-state index in [-0.39, 0.29) is 27.1 Å². The van der Waals surface area contributed by atoms with Crippen LogP contribution in [0.3, 0.4) is 0 Å². The Bertz CT molecular complexity index is 3880. The van der Waals surface area contributed by atoms with E-state index in [4.69, 9.17) is 0 Å². The van der Waals surface area contributed by atoms with Crippen molar-refractivity contribution in [2.75, 3.05) is 9.80 Å². The summed E-state index contributed by atoms with van der Waals surface area (Å²) in [6.45, 7) is 32.6. The van der Waals surface area contributed by atoms with E-state index in [1.807, 2.05) is 11.3 Å². The Kier molecular flexibility index (Phi) is 10.4. The van der Waals surface area contributed by atoms with Gasteiger partial charge in [-0.25, -0.2) is 0 Å². The average molecular weight is 972 g/mol. The molecular weight excluding hydrogens is 903 g/mol. The lowest BCUT2D eigenvalue weighted by molar-refractivity contribution is 0.589. The molecule has 0 saturated heterocycles. The maximum absolute atomic E-state index is 2.69. The standard InChI is InChI=1S/C69H69N3S/c1-65(2,3)43-22-17-26-47(36-43)70(48-27-18-23-44(37-48)66(4,5)6)51-31-33-54-57(40-51)69(13,14)63-61(54)60-53-30-16-15-21-42(53)35-56-59-55-34-32-52(41-58(55)73-64(59)72(63)62(56)60)71(49-28-19-24-45(38-49)67(7,8)9)50-29-20-25-46(39-50)68(10,11)12/h15-41H,1-14H3. The molecule has 0 aliphatic heterocycles. The van der Waals surface area contributed by atoms with Crippen LogP contribution in [0.25, 0.3) is 58.5 Å². The molecule has 0 saturated carbocycles. The first-order valence-electron chi connectivity index (χ1n) is 26.3. The van der Waals surface area contributed by atoms with Crippen LogP contribution >= 0.6 is 11.3 Å². The number of anilines is 6. The van der Waals surface area contributed by atoms with Gasteiger partial charge in [0.1, 0.15) is 4.83 Å². The van der Waals surface area contributed by atoms with E-state index in [1.54, 1.807) is 0 Å². The summed E-state index contributed by atoms with van der Waals surface area (Å²) < 4.78 is 3.99. The third-order valence-corrected chi connectivity index (χ3v) is 17.2. The van der Waals surface area contributed by atoms with Crippen LogP contribution in [0.2, 0.25) is 0 Å². The fraction of sp³-hybridized carbons (Fsp3) is 0.275. The van der Waals surface area contributed by atoms with Crippen LogP contribution in [0.15, 0.2) is 164 Å². The molecule has 0 N–H and O–H groups in total. The van der Waals surface area contributed by atoms with Gasteiger partial charge in [-0.15, -0.1) is 11.3 Å². The second kappa shape index (κ2) is 16.1. The van der Waals surface area contributed by atoms with Gasteiger partial charge in [-0.3, -0.25) is 0 Å². The second-order valence-corrected chi connectivity index (χ2v) is 26.6. The number of thiophene rings is 1. The first-order valence-corrected chi connectivity index (χ1v) is 27.2. The maximum Gasteiger partial charge on any atom is 0.109 e. The third kappa shape index (κ3) is 7.49. The van der Waals surface area contributed by atoms with Gasteiger partial charge in [0.25, 0.3) is 0 Å². The Hall–Kier alpha value is -6.88. The summed E-state index contributed by atoms with van der Waals surface area (Å²) >= 11 is 1.95. The zero-order valence-corrected chi connectivity index (χ0v) is 46.2. The topological polar surface area (TPSA) is 10.9 Å². The fourth-order valence-electron chi connectivity index (χ4n) is 11.9. The summed E-state index contributed by atoms with van der Waals surface area (Å²) in [6.07, 6.45) is 0. The number of rotatable bonds is 6. The van der Waals surface area contributed by atoms with E-state index < -0.39 is 0 Å². The van der Waals surface area contributed by atoms with Gasteiger partial charge in [-0.05, 0) is 145 Å². The van der Waals surface area contributed by atoms with Gasteiger partial charge in [0.05, 0.1) is 5.52 Å². The van der Waals surface area contributed by atoms with Crippen LogP contribution in [-0.4, -0.2) is 4.40 Å². The van der Waals surface area contributed by atoms with Crippen LogP contribution in [-0.2, 0) is 27.1 Å². The number of hydrogen-bond donors (Lipinski definition) is 0. The fourth-order valence-corrected chi connectivity index (χ4v) is 13.2. The van der Waals surface area contributed by atoms with Crippen molar-refractivity contribution in [2.45, 2.75) is 124 Å². The van der Waals surface area contributed by atoms with E-state index in [9.17, 15) is 0 Å². The molecule has 0 amide bonds. The Morgan fingerprint density at radius 2 is 0.863 bits per heavy atom. The summed E-state index contributed by atoms with van der Waals surface area (Å²) in [5.41, 5.74) is 18.8. The van der Waals surface area contributed by atoms with Crippen molar-refractivity contribution in [1.29, 1.82) is 0 Å². The van der Waals surface area contributed by atoms with Crippen molar-refractivity contribution in [1.82, 2.24) is 4.40 Å². The predicted molar refractivity (Wildman–Crippen MR) is 318 cm³/mol. The average Bonchev–Trinajstić information content (AvgIpc) is 4.05. The van der Waals surface area contributed by atoms with E-state index in [0.29, 0.717) is 0 Å². The molecule has 1 aliphatic carbocycles. The molecule has 0 bridgehead atoms. The summed E-state index contributed by atoms with van der Waals surface area (Å²) in [7, 11) is 0. The zero-order chi connectivity index (χ0) is 51.3. The monoisotopic (exact) mass is 972 g/mol. The van der Waals surface area contributed by atoms with Crippen molar-refractivity contribution in [3.63, 3.8) is 0 Å². The minimum atomic E-state index is -0.319. The van der Waals surface area contributed by atoms with Crippen LogP contribution in [0, 0.1) is 0 Å². The predicted octanol–water partition coefficient (Wildman–Crippen LogP) is 20.5. The lowest BCUT2D eigenvalue weighted by Crippen LogP contribution is -2.19. The quantitative estimate of drug-likeness (QED) is 0.164. The largest absolute Gasteiger partial charge is 0.310 e. The lowest BCUT2D eigenvalue weighted by atomic mass is 9.84. The molecule has 73 heavy (non-hydrogen) atoms. The van der Waals surface area contributed by atoms with Crippen LogP contribution in [0.5, 0.6) is 0 Å². The summed E-state index contributed by atoms with van der Waals surface area (Å²) in [6, 6.07) is 62.8. The van der Waals surface area contributed by atoms with Gasteiger partial charge in [-0.1, -0.05) is 182 Å². The normalized spacial score (nSPS) is 14.0. The molecule has 0 fully saturated rings. The number of nitrogens with zero attached hydrogens (tertiary/aromatic N) is 3. The molecule has 0 unspecified atom stereocenters. The van der Waals surface area contributed by atoms with Crippen molar-refractivity contribution < 1.29 is 0 Å². The van der Waals surface area contributed by atoms with Gasteiger partial charge in [0.15, 0.2) is 0 Å². The first-order chi connectivity index (χ1) is 34.5. The van der Waals surface area contributed by atoms with Crippen LogP contribution in [0.4, 0.5) is 34.1 Å². The van der Waals surface area contributed by atoms with E-state index >= 15 is 0 Å². The van der Waals surface area contributed by atoms with E-state index in [0.717, 1.165) is 5.69 Å².